The summed E-state index contributed by atoms with van der Waals surface area (Å²) >= 11 is 0. The molecule has 0 aliphatic heterocycles. The maximum absolute atomic E-state index is 5.15. The average molecular weight is 308 g/mol. The first kappa shape index (κ1) is 15.2. The van der Waals surface area contributed by atoms with Crippen LogP contribution in [0.5, 0.6) is 5.75 Å². The Labute approximate surface area is 135 Å². The summed E-state index contributed by atoms with van der Waals surface area (Å²) in [5, 5.41) is 8.83. The summed E-state index contributed by atoms with van der Waals surface area (Å²) < 4.78 is 7.12. The number of fused-ring (bicyclic) bond motifs is 1. The molecule has 0 spiro atoms. The molecular formula is C18H20N4O. The molecule has 2 heterocycles. The van der Waals surface area contributed by atoms with Crippen LogP contribution in [-0.2, 0) is 5.41 Å². The molecule has 3 aromatic rings. The largest absolute Gasteiger partial charge is 0.497 e. The Bertz CT molecular complexity index is 842. The molecule has 0 aliphatic rings. The molecule has 0 radical (unpaired) electrons. The molecule has 0 amide bonds. The molecule has 0 saturated carbocycles. The smallest absolute Gasteiger partial charge is 0.183 e. The van der Waals surface area contributed by atoms with Gasteiger partial charge in [-0.2, -0.15) is 0 Å². The second-order valence-corrected chi connectivity index (χ2v) is 6.36. The minimum atomic E-state index is -0.111. The zero-order valence-corrected chi connectivity index (χ0v) is 13.8. The number of hydrogen-bond acceptors (Lipinski definition) is 4. The van der Waals surface area contributed by atoms with E-state index >= 15 is 0 Å². The Hall–Kier alpha value is -2.69. The number of methoxy groups -OCH3 is 1. The molecule has 0 atom stereocenters. The van der Waals surface area contributed by atoms with Crippen LogP contribution in [0.2, 0.25) is 0 Å². The lowest BCUT2D eigenvalue weighted by atomic mass is 9.92. The van der Waals surface area contributed by atoms with E-state index in [-0.39, 0.29) is 5.41 Å². The third-order valence-corrected chi connectivity index (χ3v) is 3.55. The summed E-state index contributed by atoms with van der Waals surface area (Å²) in [6.45, 7) is 6.38. The van der Waals surface area contributed by atoms with Crippen molar-refractivity contribution >= 4 is 17.2 Å². The Kier molecular flexibility index (Phi) is 3.86. The van der Waals surface area contributed by atoms with Gasteiger partial charge in [-0.3, -0.25) is 4.40 Å². The normalized spacial score (nSPS) is 12.2. The van der Waals surface area contributed by atoms with Gasteiger partial charge in [-0.05, 0) is 36.4 Å². The second-order valence-electron chi connectivity index (χ2n) is 6.36. The fourth-order valence-electron chi connectivity index (χ4n) is 2.34. The fourth-order valence-corrected chi connectivity index (χ4v) is 2.34. The van der Waals surface area contributed by atoms with Gasteiger partial charge in [0.2, 0.25) is 0 Å². The van der Waals surface area contributed by atoms with Gasteiger partial charge >= 0.3 is 0 Å². The van der Waals surface area contributed by atoms with E-state index in [2.05, 4.69) is 31.0 Å². The molecule has 0 saturated heterocycles. The molecular weight excluding hydrogens is 288 g/mol. The van der Waals surface area contributed by atoms with Crippen LogP contribution in [0.1, 0.15) is 26.5 Å². The van der Waals surface area contributed by atoms with Gasteiger partial charge in [-0.1, -0.05) is 26.8 Å². The Morgan fingerprint density at radius 2 is 1.74 bits per heavy atom. The molecule has 0 aliphatic carbocycles. The van der Waals surface area contributed by atoms with Gasteiger partial charge in [0.05, 0.1) is 18.5 Å². The lowest BCUT2D eigenvalue weighted by Crippen LogP contribution is -2.11. The molecule has 1 aromatic carbocycles. The number of benzene rings is 1. The topological polar surface area (TPSA) is 51.2 Å². The highest BCUT2D eigenvalue weighted by Crippen LogP contribution is 2.33. The van der Waals surface area contributed by atoms with Gasteiger partial charge in [0, 0.05) is 11.6 Å². The van der Waals surface area contributed by atoms with E-state index in [1.54, 1.807) is 7.11 Å². The first-order valence-electron chi connectivity index (χ1n) is 7.52. The predicted molar refractivity (Wildman–Crippen MR) is 91.1 cm³/mol. The predicted octanol–water partition coefficient (Wildman–Crippen LogP) is 5.06. The molecule has 5 nitrogen and oxygen atoms in total. The quantitative estimate of drug-likeness (QED) is 0.635. The van der Waals surface area contributed by atoms with Crippen LogP contribution in [0.3, 0.4) is 0 Å². The Balaban J connectivity index is 2.05. The molecule has 0 unspecified atom stereocenters. The summed E-state index contributed by atoms with van der Waals surface area (Å²) in [5.41, 5.74) is 2.47. The van der Waals surface area contributed by atoms with Crippen molar-refractivity contribution in [3.63, 3.8) is 0 Å². The van der Waals surface area contributed by atoms with E-state index in [9.17, 15) is 0 Å². The lowest BCUT2D eigenvalue weighted by molar-refractivity contribution is 0.415. The van der Waals surface area contributed by atoms with Crippen LogP contribution in [0.25, 0.3) is 5.65 Å². The molecule has 0 fully saturated rings. The maximum Gasteiger partial charge on any atom is 0.183 e. The number of rotatable bonds is 3. The van der Waals surface area contributed by atoms with Gasteiger partial charge in [-0.15, -0.1) is 10.2 Å². The maximum atomic E-state index is 5.15. The molecule has 0 N–H and O–H groups in total. The zero-order valence-electron chi connectivity index (χ0n) is 13.8. The first-order valence-corrected chi connectivity index (χ1v) is 7.52. The summed E-state index contributed by atoms with van der Waals surface area (Å²) in [6, 6.07) is 13.4. The molecule has 118 valence electrons. The minimum Gasteiger partial charge on any atom is -0.497 e. The monoisotopic (exact) mass is 308 g/mol. The third-order valence-electron chi connectivity index (χ3n) is 3.55. The zero-order chi connectivity index (χ0) is 16.4. The highest BCUT2D eigenvalue weighted by molar-refractivity contribution is 5.54. The molecule has 2 aromatic heterocycles. The van der Waals surface area contributed by atoms with Gasteiger partial charge in [0.1, 0.15) is 11.4 Å². The molecule has 0 bridgehead atoms. The number of pyridine rings is 1. The number of azo groups is 1. The highest BCUT2D eigenvalue weighted by Gasteiger charge is 2.23. The second kappa shape index (κ2) is 5.83. The highest BCUT2D eigenvalue weighted by atomic mass is 16.5. The average Bonchev–Trinajstić information content (AvgIpc) is 2.92. The molecule has 23 heavy (non-hydrogen) atoms. The minimum absolute atomic E-state index is 0.111. The van der Waals surface area contributed by atoms with Crippen molar-refractivity contribution < 1.29 is 4.74 Å². The van der Waals surface area contributed by atoms with E-state index < -0.39 is 0 Å². The van der Waals surface area contributed by atoms with Crippen molar-refractivity contribution in [3.8, 4) is 5.75 Å². The van der Waals surface area contributed by atoms with Gasteiger partial charge in [0.15, 0.2) is 5.82 Å². The number of nitrogens with zero attached hydrogens (tertiary/aromatic N) is 4. The Morgan fingerprint density at radius 1 is 1.00 bits per heavy atom. The standard InChI is InChI=1S/C18H20N4O/c1-18(2,3)16-17(22-12-6-5-7-15(22)19-16)21-20-13-8-10-14(23-4)11-9-13/h5-12H,1-4H3. The molecule has 3 rings (SSSR count). The summed E-state index contributed by atoms with van der Waals surface area (Å²) in [4.78, 5) is 4.71. The SMILES string of the molecule is COc1ccc(N=Nc2c(C(C)(C)C)nc3ccccn23)cc1. The van der Waals surface area contributed by atoms with Gasteiger partial charge in [-0.25, -0.2) is 4.98 Å². The molecule has 5 heteroatoms. The summed E-state index contributed by atoms with van der Waals surface area (Å²) in [6.07, 6.45) is 1.96. The van der Waals surface area contributed by atoms with Crippen molar-refractivity contribution in [2.45, 2.75) is 26.2 Å². The van der Waals surface area contributed by atoms with Crippen molar-refractivity contribution in [3.05, 3.63) is 54.4 Å². The van der Waals surface area contributed by atoms with Crippen molar-refractivity contribution in [2.75, 3.05) is 7.11 Å². The van der Waals surface area contributed by atoms with Crippen LogP contribution in [0.15, 0.2) is 58.9 Å². The number of hydrogen-bond donors (Lipinski definition) is 0. The van der Waals surface area contributed by atoms with Crippen molar-refractivity contribution in [1.82, 2.24) is 9.38 Å². The number of ether oxygens (including phenoxy) is 1. The first-order chi connectivity index (χ1) is 11.0. The van der Waals surface area contributed by atoms with E-state index in [0.717, 1.165) is 28.6 Å². The van der Waals surface area contributed by atoms with Crippen molar-refractivity contribution in [2.24, 2.45) is 10.2 Å². The number of imidazole rings is 1. The van der Waals surface area contributed by atoms with E-state index in [1.165, 1.54) is 0 Å². The fraction of sp³-hybridized carbons (Fsp3) is 0.278. The van der Waals surface area contributed by atoms with E-state index in [0.29, 0.717) is 0 Å². The van der Waals surface area contributed by atoms with Gasteiger partial charge < -0.3 is 4.74 Å². The summed E-state index contributed by atoms with van der Waals surface area (Å²) in [5.74, 6) is 1.57. The Morgan fingerprint density at radius 3 is 2.39 bits per heavy atom. The van der Waals surface area contributed by atoms with Crippen LogP contribution in [-0.4, -0.2) is 16.5 Å². The number of aromatic nitrogens is 2. The third kappa shape index (κ3) is 3.08. The van der Waals surface area contributed by atoms with Crippen LogP contribution in [0, 0.1) is 0 Å². The van der Waals surface area contributed by atoms with Crippen molar-refractivity contribution in [1.29, 1.82) is 0 Å². The lowest BCUT2D eigenvalue weighted by Gasteiger charge is -2.15. The summed E-state index contributed by atoms with van der Waals surface area (Å²) in [7, 11) is 1.64. The van der Waals surface area contributed by atoms with Crippen LogP contribution >= 0.6 is 0 Å². The van der Waals surface area contributed by atoms with Crippen LogP contribution < -0.4 is 4.74 Å². The van der Waals surface area contributed by atoms with E-state index in [4.69, 9.17) is 9.72 Å². The van der Waals surface area contributed by atoms with E-state index in [1.807, 2.05) is 53.1 Å². The van der Waals surface area contributed by atoms with Crippen LogP contribution in [0.4, 0.5) is 11.5 Å². The van der Waals surface area contributed by atoms with Gasteiger partial charge in [0.25, 0.3) is 0 Å².